The van der Waals surface area contributed by atoms with Crippen molar-refractivity contribution in [2.75, 3.05) is 18.7 Å². The van der Waals surface area contributed by atoms with Crippen LogP contribution < -0.4 is 14.8 Å². The molecule has 0 bridgehead atoms. The zero-order valence-corrected chi connectivity index (χ0v) is 15.4. The first-order valence-corrected chi connectivity index (χ1v) is 8.37. The van der Waals surface area contributed by atoms with Crippen LogP contribution in [-0.4, -0.2) is 25.3 Å². The van der Waals surface area contributed by atoms with Crippen LogP contribution in [0.1, 0.15) is 27.0 Å². The van der Waals surface area contributed by atoms with Gasteiger partial charge in [-0.15, -0.1) is 0 Å². The molecular formula is C19H18ClNO5. The Bertz CT molecular complexity index is 871. The van der Waals surface area contributed by atoms with Crippen molar-refractivity contribution in [1.29, 1.82) is 0 Å². The number of amides is 1. The minimum Gasteiger partial charge on any atom is -0.454 e. The molecule has 1 aliphatic rings. The van der Waals surface area contributed by atoms with Gasteiger partial charge < -0.3 is 19.5 Å². The van der Waals surface area contributed by atoms with Crippen molar-refractivity contribution >= 4 is 29.2 Å². The van der Waals surface area contributed by atoms with Gasteiger partial charge >= 0.3 is 5.97 Å². The molecule has 0 unspecified atom stereocenters. The van der Waals surface area contributed by atoms with Crippen molar-refractivity contribution in [2.24, 2.45) is 0 Å². The van der Waals surface area contributed by atoms with Crippen LogP contribution in [0.15, 0.2) is 24.3 Å². The van der Waals surface area contributed by atoms with Crippen molar-refractivity contribution in [3.63, 3.8) is 0 Å². The van der Waals surface area contributed by atoms with Crippen LogP contribution in [0.25, 0.3) is 0 Å². The molecule has 0 aliphatic carbocycles. The first-order valence-electron chi connectivity index (χ1n) is 7.99. The van der Waals surface area contributed by atoms with Crippen molar-refractivity contribution in [3.05, 3.63) is 51.5 Å². The second-order valence-corrected chi connectivity index (χ2v) is 6.50. The van der Waals surface area contributed by atoms with E-state index in [2.05, 4.69) is 5.32 Å². The van der Waals surface area contributed by atoms with Gasteiger partial charge in [0.05, 0.1) is 10.6 Å². The first kappa shape index (κ1) is 18.1. The number of fused-ring (bicyclic) bond motifs is 1. The predicted molar refractivity (Wildman–Crippen MR) is 97.1 cm³/mol. The van der Waals surface area contributed by atoms with Crippen LogP contribution in [0, 0.1) is 20.8 Å². The Balaban J connectivity index is 1.63. The Morgan fingerprint density at radius 3 is 2.50 bits per heavy atom. The van der Waals surface area contributed by atoms with Crippen molar-refractivity contribution in [2.45, 2.75) is 20.8 Å². The zero-order chi connectivity index (χ0) is 18.8. The van der Waals surface area contributed by atoms with Crippen LogP contribution in [-0.2, 0) is 9.53 Å². The normalized spacial score (nSPS) is 12.0. The highest BCUT2D eigenvalue weighted by atomic mass is 35.5. The molecule has 7 heteroatoms. The topological polar surface area (TPSA) is 73.9 Å². The van der Waals surface area contributed by atoms with E-state index in [0.29, 0.717) is 11.5 Å². The molecule has 1 heterocycles. The number of hydrogen-bond donors (Lipinski definition) is 1. The molecule has 0 saturated carbocycles. The van der Waals surface area contributed by atoms with Gasteiger partial charge in [-0.3, -0.25) is 4.79 Å². The molecule has 0 saturated heterocycles. The molecule has 0 aromatic heterocycles. The van der Waals surface area contributed by atoms with Gasteiger partial charge in [0.1, 0.15) is 0 Å². The van der Waals surface area contributed by atoms with E-state index in [1.807, 2.05) is 32.9 Å². The maximum atomic E-state index is 12.2. The number of carbonyl (C=O) groups is 2. The van der Waals surface area contributed by atoms with E-state index < -0.39 is 18.5 Å². The second kappa shape index (κ2) is 7.25. The number of nitrogens with one attached hydrogen (secondary N) is 1. The van der Waals surface area contributed by atoms with E-state index in [0.717, 1.165) is 22.4 Å². The number of ether oxygens (including phenoxy) is 3. The summed E-state index contributed by atoms with van der Waals surface area (Å²) in [4.78, 5) is 24.3. The lowest BCUT2D eigenvalue weighted by Crippen LogP contribution is -2.22. The second-order valence-electron chi connectivity index (χ2n) is 6.09. The van der Waals surface area contributed by atoms with Crippen molar-refractivity contribution in [1.82, 2.24) is 0 Å². The van der Waals surface area contributed by atoms with Gasteiger partial charge in [-0.05, 0) is 44.0 Å². The highest BCUT2D eigenvalue weighted by Gasteiger charge is 2.22. The number of hydrogen-bond acceptors (Lipinski definition) is 5. The molecule has 1 aliphatic heterocycles. The molecule has 3 rings (SSSR count). The molecule has 26 heavy (non-hydrogen) atoms. The number of esters is 1. The van der Waals surface area contributed by atoms with Crippen molar-refractivity contribution < 1.29 is 23.8 Å². The average Bonchev–Trinajstić information content (AvgIpc) is 3.05. The molecular weight excluding hydrogens is 358 g/mol. The SMILES string of the molecule is Cc1cc(C)c(NC(=O)COC(=O)c2cc(Cl)c3c(c2)OCO3)c(C)c1. The van der Waals surface area contributed by atoms with Crippen LogP contribution in [0.2, 0.25) is 5.02 Å². The van der Waals surface area contributed by atoms with Gasteiger partial charge in [-0.25, -0.2) is 4.79 Å². The maximum absolute atomic E-state index is 12.2. The summed E-state index contributed by atoms with van der Waals surface area (Å²) < 4.78 is 15.5. The fourth-order valence-electron chi connectivity index (χ4n) is 2.85. The Labute approximate surface area is 156 Å². The molecule has 0 fully saturated rings. The van der Waals surface area contributed by atoms with Crippen molar-refractivity contribution in [3.8, 4) is 11.5 Å². The molecule has 1 N–H and O–H groups in total. The Morgan fingerprint density at radius 2 is 1.81 bits per heavy atom. The molecule has 2 aromatic rings. The number of benzene rings is 2. The molecule has 2 aromatic carbocycles. The molecule has 0 spiro atoms. The lowest BCUT2D eigenvalue weighted by Gasteiger charge is -2.13. The summed E-state index contributed by atoms with van der Waals surface area (Å²) in [6.07, 6.45) is 0. The third-order valence-electron chi connectivity index (χ3n) is 3.94. The van der Waals surface area contributed by atoms with Gasteiger partial charge in [0, 0.05) is 5.69 Å². The van der Waals surface area contributed by atoms with E-state index in [-0.39, 0.29) is 17.4 Å². The zero-order valence-electron chi connectivity index (χ0n) is 14.6. The van der Waals surface area contributed by atoms with E-state index in [1.165, 1.54) is 12.1 Å². The summed E-state index contributed by atoms with van der Waals surface area (Å²) in [5.41, 5.74) is 3.93. The van der Waals surface area contributed by atoms with E-state index >= 15 is 0 Å². The quantitative estimate of drug-likeness (QED) is 0.823. The van der Waals surface area contributed by atoms with Gasteiger partial charge in [0.25, 0.3) is 5.91 Å². The highest BCUT2D eigenvalue weighted by Crippen LogP contribution is 2.39. The largest absolute Gasteiger partial charge is 0.454 e. The Hall–Kier alpha value is -2.73. The minimum atomic E-state index is -0.669. The summed E-state index contributed by atoms with van der Waals surface area (Å²) in [7, 11) is 0. The Kier molecular flexibility index (Phi) is 5.04. The highest BCUT2D eigenvalue weighted by molar-refractivity contribution is 6.32. The fourth-order valence-corrected chi connectivity index (χ4v) is 3.12. The minimum absolute atomic E-state index is 0.0468. The lowest BCUT2D eigenvalue weighted by atomic mass is 10.1. The first-order chi connectivity index (χ1) is 12.3. The lowest BCUT2D eigenvalue weighted by molar-refractivity contribution is -0.119. The van der Waals surface area contributed by atoms with Gasteiger partial charge in [0.2, 0.25) is 6.79 Å². The molecule has 1 amide bonds. The Morgan fingerprint density at radius 1 is 1.12 bits per heavy atom. The molecule has 0 atom stereocenters. The van der Waals surface area contributed by atoms with Crippen LogP contribution >= 0.6 is 11.6 Å². The number of rotatable bonds is 4. The summed E-state index contributed by atoms with van der Waals surface area (Å²) >= 11 is 6.04. The summed E-state index contributed by atoms with van der Waals surface area (Å²) in [6, 6.07) is 6.85. The van der Waals surface area contributed by atoms with Crippen LogP contribution in [0.5, 0.6) is 11.5 Å². The number of aryl methyl sites for hydroxylation is 3. The van der Waals surface area contributed by atoms with Gasteiger partial charge in [-0.1, -0.05) is 29.3 Å². The predicted octanol–water partition coefficient (Wildman–Crippen LogP) is 3.79. The smallest absolute Gasteiger partial charge is 0.338 e. The van der Waals surface area contributed by atoms with E-state index in [9.17, 15) is 9.59 Å². The fraction of sp³-hybridized carbons (Fsp3) is 0.263. The van der Waals surface area contributed by atoms with E-state index in [4.69, 9.17) is 25.8 Å². The monoisotopic (exact) mass is 375 g/mol. The summed E-state index contributed by atoms with van der Waals surface area (Å²) in [6.45, 7) is 5.46. The third-order valence-corrected chi connectivity index (χ3v) is 4.22. The molecule has 136 valence electrons. The standard InChI is InChI=1S/C19H18ClNO5/c1-10-4-11(2)17(12(3)5-10)21-16(22)8-24-19(23)13-6-14(20)18-15(7-13)25-9-26-18/h4-7H,8-9H2,1-3H3,(H,21,22). The van der Waals surface area contributed by atoms with Gasteiger partial charge in [-0.2, -0.15) is 0 Å². The van der Waals surface area contributed by atoms with E-state index in [1.54, 1.807) is 0 Å². The molecule has 6 nitrogen and oxygen atoms in total. The summed E-state index contributed by atoms with van der Waals surface area (Å²) in [5.74, 6) is -0.316. The maximum Gasteiger partial charge on any atom is 0.338 e. The number of carbonyl (C=O) groups excluding carboxylic acids is 2. The third kappa shape index (κ3) is 3.75. The number of halogens is 1. The number of anilines is 1. The van der Waals surface area contributed by atoms with Crippen LogP contribution in [0.4, 0.5) is 5.69 Å². The average molecular weight is 376 g/mol. The molecule has 0 radical (unpaired) electrons. The summed E-state index contributed by atoms with van der Waals surface area (Å²) in [5, 5.41) is 3.03. The van der Waals surface area contributed by atoms with Gasteiger partial charge in [0.15, 0.2) is 18.1 Å². The van der Waals surface area contributed by atoms with Crippen LogP contribution in [0.3, 0.4) is 0 Å².